The molecule has 0 N–H and O–H groups in total. The molecule has 4 aliphatic heterocycles. The highest BCUT2D eigenvalue weighted by Crippen LogP contribution is 2.42. The van der Waals surface area contributed by atoms with Crippen LogP contribution in [0.15, 0.2) is 12.2 Å². The maximum absolute atomic E-state index is 11.5. The quantitative estimate of drug-likeness (QED) is 0.410. The molecule has 8 atom stereocenters. The second kappa shape index (κ2) is 9.21. The van der Waals surface area contributed by atoms with Crippen LogP contribution in [0.4, 0.5) is 0 Å². The lowest BCUT2D eigenvalue weighted by molar-refractivity contribution is -0.260. The van der Waals surface area contributed by atoms with Gasteiger partial charge in [0.15, 0.2) is 24.2 Å². The number of fused-ring (bicyclic) bond motifs is 1. The van der Waals surface area contributed by atoms with Gasteiger partial charge in [0.25, 0.3) is 0 Å². The van der Waals surface area contributed by atoms with Crippen LogP contribution in [0.25, 0.3) is 0 Å². The minimum atomic E-state index is -0.838. The van der Waals surface area contributed by atoms with Gasteiger partial charge in [-0.2, -0.15) is 0 Å². The molecular weight excluding hydrogens is 440 g/mol. The largest absolute Gasteiger partial charge is 0.463 e. The number of esters is 2. The molecule has 1 unspecified atom stereocenters. The Labute approximate surface area is 192 Å². The Hall–Kier alpha value is -1.60. The van der Waals surface area contributed by atoms with Gasteiger partial charge < -0.3 is 42.6 Å². The van der Waals surface area contributed by atoms with Crippen LogP contribution in [0.1, 0.15) is 41.5 Å². The number of hydrogen-bond donors (Lipinski definition) is 0. The Morgan fingerprint density at radius 1 is 0.939 bits per heavy atom. The molecule has 0 aliphatic carbocycles. The summed E-state index contributed by atoms with van der Waals surface area (Å²) in [6.45, 7) is 10.1. The lowest BCUT2D eigenvalue weighted by Gasteiger charge is -2.35. The van der Waals surface area contributed by atoms with E-state index in [-0.39, 0.29) is 6.61 Å². The number of ether oxygens (including phenoxy) is 9. The smallest absolute Gasteiger partial charge is 0.303 e. The molecule has 0 aromatic rings. The van der Waals surface area contributed by atoms with E-state index in [1.54, 1.807) is 26.0 Å². The molecule has 3 saturated heterocycles. The normalized spacial score (nSPS) is 41.0. The van der Waals surface area contributed by atoms with E-state index >= 15 is 0 Å². The molecule has 0 aromatic heterocycles. The molecule has 3 fully saturated rings. The molecule has 11 heteroatoms. The van der Waals surface area contributed by atoms with Crippen LogP contribution < -0.4 is 0 Å². The van der Waals surface area contributed by atoms with E-state index in [4.69, 9.17) is 42.6 Å². The zero-order valence-electron chi connectivity index (χ0n) is 19.7. The molecule has 0 saturated carbocycles. The molecule has 11 nitrogen and oxygen atoms in total. The lowest BCUT2D eigenvalue weighted by Crippen LogP contribution is -2.48. The molecule has 0 bridgehead atoms. The standard InChI is InChI=1S/C22H32O11/c1-11(23)25-9-14-13(27-12(2)24)7-8-16(28-14)29-18-17(15-10-26-21(3,4)31-15)30-20-19(18)32-22(5,6)33-20/h7-8,13-20H,9-10H2,1-6H3/t13-,14?,15+,16-,17+,18-,19+,20+/m0/s1. The molecule has 4 aliphatic rings. The van der Waals surface area contributed by atoms with Gasteiger partial charge in [0.05, 0.1) is 6.61 Å². The first kappa shape index (κ1) is 24.5. The molecule has 0 spiro atoms. The second-order valence-electron chi connectivity index (χ2n) is 9.34. The third-order valence-electron chi connectivity index (χ3n) is 5.60. The van der Waals surface area contributed by atoms with Gasteiger partial charge in [0.2, 0.25) is 0 Å². The molecule has 4 heterocycles. The van der Waals surface area contributed by atoms with Crippen LogP contribution in [0.3, 0.4) is 0 Å². The van der Waals surface area contributed by atoms with Crippen molar-refractivity contribution in [1.29, 1.82) is 0 Å². The number of rotatable bonds is 6. The number of hydrogen-bond acceptors (Lipinski definition) is 11. The Balaban J connectivity index is 1.50. The summed E-state index contributed by atoms with van der Waals surface area (Å²) < 4.78 is 52.4. The van der Waals surface area contributed by atoms with Crippen molar-refractivity contribution in [2.75, 3.05) is 13.2 Å². The van der Waals surface area contributed by atoms with E-state index in [2.05, 4.69) is 0 Å². The molecule has 186 valence electrons. The van der Waals surface area contributed by atoms with E-state index in [1.807, 2.05) is 13.8 Å². The molecular formula is C22H32O11. The van der Waals surface area contributed by atoms with Crippen LogP contribution in [0.5, 0.6) is 0 Å². The zero-order chi connectivity index (χ0) is 24.0. The highest BCUT2D eigenvalue weighted by Gasteiger charge is 2.59. The summed E-state index contributed by atoms with van der Waals surface area (Å²) in [6.07, 6.45) is -1.71. The van der Waals surface area contributed by atoms with Gasteiger partial charge in [-0.1, -0.05) is 0 Å². The van der Waals surface area contributed by atoms with Crippen molar-refractivity contribution in [3.8, 4) is 0 Å². The van der Waals surface area contributed by atoms with E-state index in [1.165, 1.54) is 13.8 Å². The van der Waals surface area contributed by atoms with E-state index < -0.39 is 72.7 Å². The monoisotopic (exact) mass is 472 g/mol. The SMILES string of the molecule is CC(=O)OCC1O[C@@H](O[C@@H]2[C@H]3OC(C)(C)O[C@H]3O[C@@H]2[C@H]2COC(C)(C)O2)C=C[C@@H]1OC(C)=O. The van der Waals surface area contributed by atoms with E-state index in [9.17, 15) is 9.59 Å². The third-order valence-corrected chi connectivity index (χ3v) is 5.60. The summed E-state index contributed by atoms with van der Waals surface area (Å²) in [4.78, 5) is 22.8. The van der Waals surface area contributed by atoms with Crippen molar-refractivity contribution in [1.82, 2.24) is 0 Å². The van der Waals surface area contributed by atoms with Crippen LogP contribution in [-0.4, -0.2) is 85.9 Å². The van der Waals surface area contributed by atoms with Crippen LogP contribution in [0.2, 0.25) is 0 Å². The number of carbonyl (C=O) groups excluding carboxylic acids is 2. The maximum atomic E-state index is 11.5. The van der Waals surface area contributed by atoms with Crippen molar-refractivity contribution >= 4 is 11.9 Å². The first-order chi connectivity index (χ1) is 15.4. The fourth-order valence-corrected chi connectivity index (χ4v) is 4.33. The predicted molar refractivity (Wildman–Crippen MR) is 108 cm³/mol. The van der Waals surface area contributed by atoms with E-state index in [0.29, 0.717) is 6.61 Å². The third kappa shape index (κ3) is 5.73. The average Bonchev–Trinajstić information content (AvgIpc) is 3.31. The summed E-state index contributed by atoms with van der Waals surface area (Å²) in [7, 11) is 0. The average molecular weight is 472 g/mol. The predicted octanol–water partition coefficient (Wildman–Crippen LogP) is 1.18. The van der Waals surface area contributed by atoms with Gasteiger partial charge in [-0.15, -0.1) is 0 Å². The van der Waals surface area contributed by atoms with E-state index in [0.717, 1.165) is 0 Å². The van der Waals surface area contributed by atoms with Crippen molar-refractivity contribution in [2.45, 2.75) is 102 Å². The first-order valence-corrected chi connectivity index (χ1v) is 11.1. The Morgan fingerprint density at radius 2 is 1.70 bits per heavy atom. The van der Waals surface area contributed by atoms with Gasteiger partial charge in [0, 0.05) is 13.8 Å². The van der Waals surface area contributed by atoms with Gasteiger partial charge in [-0.25, -0.2) is 0 Å². The fraction of sp³-hybridized carbons (Fsp3) is 0.818. The second-order valence-corrected chi connectivity index (χ2v) is 9.34. The molecule has 0 aromatic carbocycles. The van der Waals surface area contributed by atoms with Crippen molar-refractivity contribution in [3.63, 3.8) is 0 Å². The van der Waals surface area contributed by atoms with Gasteiger partial charge in [-0.05, 0) is 39.8 Å². The summed E-state index contributed by atoms with van der Waals surface area (Å²) >= 11 is 0. The highest BCUT2D eigenvalue weighted by atomic mass is 16.9. The van der Waals surface area contributed by atoms with Gasteiger partial charge in [-0.3, -0.25) is 9.59 Å². The van der Waals surface area contributed by atoms with Crippen LogP contribution in [-0.2, 0) is 52.2 Å². The van der Waals surface area contributed by atoms with Gasteiger partial charge >= 0.3 is 11.9 Å². The zero-order valence-corrected chi connectivity index (χ0v) is 19.7. The maximum Gasteiger partial charge on any atom is 0.303 e. The summed E-state index contributed by atoms with van der Waals surface area (Å²) in [5.41, 5.74) is 0. The highest BCUT2D eigenvalue weighted by molar-refractivity contribution is 5.66. The van der Waals surface area contributed by atoms with Crippen molar-refractivity contribution in [3.05, 3.63) is 12.2 Å². The lowest BCUT2D eigenvalue weighted by atomic mass is 10.1. The van der Waals surface area contributed by atoms with Gasteiger partial charge in [0.1, 0.15) is 43.2 Å². The Morgan fingerprint density at radius 3 is 2.33 bits per heavy atom. The van der Waals surface area contributed by atoms with Crippen LogP contribution in [0, 0.1) is 0 Å². The Bertz CT molecular complexity index is 778. The molecule has 33 heavy (non-hydrogen) atoms. The van der Waals surface area contributed by atoms with Crippen molar-refractivity contribution in [2.24, 2.45) is 0 Å². The topological polar surface area (TPSA) is 117 Å². The summed E-state index contributed by atoms with van der Waals surface area (Å²) in [5.74, 6) is -2.54. The molecule has 4 rings (SSSR count). The minimum absolute atomic E-state index is 0.103. The molecule has 0 radical (unpaired) electrons. The van der Waals surface area contributed by atoms with Crippen molar-refractivity contribution < 1.29 is 52.2 Å². The summed E-state index contributed by atoms with van der Waals surface area (Å²) in [5, 5.41) is 0. The number of carbonyl (C=O) groups is 2. The first-order valence-electron chi connectivity index (χ1n) is 11.1. The fourth-order valence-electron chi connectivity index (χ4n) is 4.33. The Kier molecular flexibility index (Phi) is 6.85. The summed E-state index contributed by atoms with van der Waals surface area (Å²) in [6, 6.07) is 0. The minimum Gasteiger partial charge on any atom is -0.463 e. The van der Waals surface area contributed by atoms with Crippen LogP contribution >= 0.6 is 0 Å². The molecule has 0 amide bonds.